The summed E-state index contributed by atoms with van der Waals surface area (Å²) >= 11 is 0. The lowest BCUT2D eigenvalue weighted by molar-refractivity contribution is -0.134. The smallest absolute Gasteiger partial charge is 0.333 e. The van der Waals surface area contributed by atoms with Gasteiger partial charge in [-0.1, -0.05) is 12.1 Å². The summed E-state index contributed by atoms with van der Waals surface area (Å²) in [6.45, 7) is 3.72. The van der Waals surface area contributed by atoms with Gasteiger partial charge in [0.25, 0.3) is 11.8 Å². The van der Waals surface area contributed by atoms with Gasteiger partial charge in [-0.05, 0) is 26.0 Å². The van der Waals surface area contributed by atoms with Gasteiger partial charge in [0, 0.05) is 19.7 Å². The van der Waals surface area contributed by atoms with E-state index in [-0.39, 0.29) is 11.7 Å². The van der Waals surface area contributed by atoms with Crippen LogP contribution in [0.15, 0.2) is 23.8 Å². The summed E-state index contributed by atoms with van der Waals surface area (Å²) < 4.78 is 11.1. The fourth-order valence-corrected chi connectivity index (χ4v) is 2.30. The summed E-state index contributed by atoms with van der Waals surface area (Å²) in [6, 6.07) is 4.51. The molecule has 0 bridgehead atoms. The number of carbonyl (C=O) groups excluding carboxylic acids is 3. The zero-order valence-corrected chi connectivity index (χ0v) is 14.3. The number of imide groups is 2. The summed E-state index contributed by atoms with van der Waals surface area (Å²) in [6.07, 6.45) is 1.30. The van der Waals surface area contributed by atoms with Gasteiger partial charge < -0.3 is 9.47 Å². The van der Waals surface area contributed by atoms with E-state index in [0.29, 0.717) is 17.1 Å². The Balaban J connectivity index is 2.56. The zero-order valence-electron chi connectivity index (χ0n) is 14.3. The summed E-state index contributed by atoms with van der Waals surface area (Å²) in [5.41, 5.74) is 0.414. The van der Waals surface area contributed by atoms with Crippen molar-refractivity contribution in [3.63, 3.8) is 0 Å². The topological polar surface area (TPSA) is 76.2 Å². The number of benzene rings is 1. The van der Waals surface area contributed by atoms with Crippen molar-refractivity contribution in [2.75, 3.05) is 21.2 Å². The number of hydrogen-bond acceptors (Lipinski definition) is 5. The van der Waals surface area contributed by atoms with E-state index in [1.165, 1.54) is 27.3 Å². The Bertz CT molecular complexity index is 698. The molecule has 0 atom stereocenters. The number of hydrogen-bond donors (Lipinski definition) is 0. The number of ether oxygens (including phenoxy) is 2. The average molecular weight is 332 g/mol. The third kappa shape index (κ3) is 3.10. The molecule has 1 aromatic carbocycles. The number of likely N-dealkylation sites (N-methyl/N-ethyl adjacent to an activating group) is 2. The lowest BCUT2D eigenvalue weighted by Gasteiger charge is -2.29. The summed E-state index contributed by atoms with van der Waals surface area (Å²) in [5, 5.41) is 0. The molecule has 24 heavy (non-hydrogen) atoms. The first-order valence-corrected chi connectivity index (χ1v) is 7.43. The Morgan fingerprint density at radius 1 is 1.04 bits per heavy atom. The molecule has 1 aliphatic rings. The SMILES string of the molecule is COc1cccc(C=C2C(=O)N(C)C(=O)N(C)C2=O)c1OC(C)C. The van der Waals surface area contributed by atoms with Crippen LogP contribution in [0.1, 0.15) is 19.4 Å². The van der Waals surface area contributed by atoms with Crippen molar-refractivity contribution < 1.29 is 23.9 Å². The monoisotopic (exact) mass is 332 g/mol. The molecular weight excluding hydrogens is 312 g/mol. The van der Waals surface area contributed by atoms with Gasteiger partial charge in [-0.3, -0.25) is 19.4 Å². The molecule has 1 aromatic rings. The Morgan fingerprint density at radius 2 is 1.62 bits per heavy atom. The highest BCUT2D eigenvalue weighted by atomic mass is 16.5. The van der Waals surface area contributed by atoms with Gasteiger partial charge in [-0.2, -0.15) is 0 Å². The molecule has 1 saturated heterocycles. The second kappa shape index (κ2) is 6.74. The zero-order chi connectivity index (χ0) is 18.0. The van der Waals surface area contributed by atoms with Crippen molar-refractivity contribution >= 4 is 23.9 Å². The highest BCUT2D eigenvalue weighted by Crippen LogP contribution is 2.34. The van der Waals surface area contributed by atoms with Crippen molar-refractivity contribution in [3.8, 4) is 11.5 Å². The second-order valence-corrected chi connectivity index (χ2v) is 5.61. The molecule has 1 heterocycles. The molecule has 2 rings (SSSR count). The molecule has 0 unspecified atom stereocenters. The average Bonchev–Trinajstić information content (AvgIpc) is 2.55. The largest absolute Gasteiger partial charge is 0.493 e. The van der Waals surface area contributed by atoms with Crippen LogP contribution in [0.5, 0.6) is 11.5 Å². The highest BCUT2D eigenvalue weighted by molar-refractivity contribution is 6.30. The van der Waals surface area contributed by atoms with Crippen molar-refractivity contribution in [1.82, 2.24) is 9.80 Å². The lowest BCUT2D eigenvalue weighted by atomic mass is 10.1. The Morgan fingerprint density at radius 3 is 2.12 bits per heavy atom. The number of carbonyl (C=O) groups is 3. The molecule has 7 heteroatoms. The summed E-state index contributed by atoms with van der Waals surface area (Å²) in [5.74, 6) is -0.375. The van der Waals surface area contributed by atoms with Crippen LogP contribution in [0, 0.1) is 0 Å². The minimum absolute atomic E-state index is 0.110. The van der Waals surface area contributed by atoms with E-state index >= 15 is 0 Å². The molecule has 0 aromatic heterocycles. The van der Waals surface area contributed by atoms with E-state index in [2.05, 4.69) is 0 Å². The third-order valence-electron chi connectivity index (χ3n) is 3.53. The van der Waals surface area contributed by atoms with Crippen LogP contribution in [0.4, 0.5) is 4.79 Å². The van der Waals surface area contributed by atoms with E-state index in [0.717, 1.165) is 9.80 Å². The third-order valence-corrected chi connectivity index (χ3v) is 3.53. The van der Waals surface area contributed by atoms with E-state index in [4.69, 9.17) is 9.47 Å². The molecule has 128 valence electrons. The molecule has 1 aliphatic heterocycles. The van der Waals surface area contributed by atoms with Crippen molar-refractivity contribution in [3.05, 3.63) is 29.3 Å². The van der Waals surface area contributed by atoms with Gasteiger partial charge in [0.2, 0.25) is 0 Å². The number of para-hydroxylation sites is 1. The van der Waals surface area contributed by atoms with Crippen molar-refractivity contribution in [2.45, 2.75) is 20.0 Å². The first-order valence-electron chi connectivity index (χ1n) is 7.43. The molecular formula is C17H20N2O5. The van der Waals surface area contributed by atoms with Gasteiger partial charge in [-0.25, -0.2) is 4.79 Å². The standard InChI is InChI=1S/C17H20N2O5/c1-10(2)24-14-11(7-6-8-13(14)23-5)9-12-15(20)18(3)17(22)19(4)16(12)21/h6-10H,1-5H3. The lowest BCUT2D eigenvalue weighted by Crippen LogP contribution is -2.52. The molecule has 1 fully saturated rings. The number of methoxy groups -OCH3 is 1. The number of rotatable bonds is 4. The van der Waals surface area contributed by atoms with Gasteiger partial charge in [0.05, 0.1) is 13.2 Å². The predicted molar refractivity (Wildman–Crippen MR) is 87.7 cm³/mol. The molecule has 0 aliphatic carbocycles. The van der Waals surface area contributed by atoms with Crippen LogP contribution in [0.25, 0.3) is 6.08 Å². The Kier molecular flexibility index (Phi) is 4.92. The van der Waals surface area contributed by atoms with Crippen LogP contribution in [-0.2, 0) is 9.59 Å². The van der Waals surface area contributed by atoms with Crippen molar-refractivity contribution in [1.29, 1.82) is 0 Å². The fraction of sp³-hybridized carbons (Fsp3) is 0.353. The van der Waals surface area contributed by atoms with Gasteiger partial charge >= 0.3 is 6.03 Å². The quantitative estimate of drug-likeness (QED) is 0.622. The van der Waals surface area contributed by atoms with Crippen LogP contribution in [-0.4, -0.2) is 55.0 Å². The second-order valence-electron chi connectivity index (χ2n) is 5.61. The van der Waals surface area contributed by atoms with Crippen LogP contribution in [0.2, 0.25) is 0 Å². The molecule has 0 saturated carbocycles. The number of amides is 4. The van der Waals surface area contributed by atoms with E-state index in [1.54, 1.807) is 18.2 Å². The normalized spacial score (nSPS) is 15.2. The Hall–Kier alpha value is -2.83. The molecule has 0 radical (unpaired) electrons. The van der Waals surface area contributed by atoms with Gasteiger partial charge in [0.15, 0.2) is 11.5 Å². The minimum atomic E-state index is -0.661. The molecule has 4 amide bonds. The predicted octanol–water partition coefficient (Wildman–Crippen LogP) is 1.92. The number of urea groups is 1. The first-order chi connectivity index (χ1) is 11.3. The van der Waals surface area contributed by atoms with Gasteiger partial charge in [0.1, 0.15) is 5.57 Å². The maximum atomic E-state index is 12.3. The maximum Gasteiger partial charge on any atom is 0.333 e. The minimum Gasteiger partial charge on any atom is -0.493 e. The maximum absolute atomic E-state index is 12.3. The summed E-state index contributed by atoms with van der Waals surface area (Å²) in [7, 11) is 4.17. The van der Waals surface area contributed by atoms with E-state index < -0.39 is 17.8 Å². The molecule has 0 spiro atoms. The molecule has 7 nitrogen and oxygen atoms in total. The molecule has 0 N–H and O–H groups in total. The van der Waals surface area contributed by atoms with Crippen LogP contribution in [0.3, 0.4) is 0 Å². The fourth-order valence-electron chi connectivity index (χ4n) is 2.30. The van der Waals surface area contributed by atoms with Crippen molar-refractivity contribution in [2.24, 2.45) is 0 Å². The number of nitrogens with zero attached hydrogens (tertiary/aromatic N) is 2. The summed E-state index contributed by atoms with van der Waals surface area (Å²) in [4.78, 5) is 38.2. The van der Waals surface area contributed by atoms with Gasteiger partial charge in [-0.15, -0.1) is 0 Å². The Labute approximate surface area is 140 Å². The van der Waals surface area contributed by atoms with E-state index in [1.807, 2.05) is 13.8 Å². The van der Waals surface area contributed by atoms with Crippen LogP contribution < -0.4 is 9.47 Å². The number of barbiturate groups is 1. The van der Waals surface area contributed by atoms with Crippen LogP contribution >= 0.6 is 0 Å². The highest BCUT2D eigenvalue weighted by Gasteiger charge is 2.38. The van der Waals surface area contributed by atoms with E-state index in [9.17, 15) is 14.4 Å². The first kappa shape index (κ1) is 17.5.